The Hall–Kier alpha value is -1.88. The van der Waals surface area contributed by atoms with Crippen LogP contribution in [0.15, 0.2) is 48.5 Å². The third kappa shape index (κ3) is 1.53. The quantitative estimate of drug-likeness (QED) is 0.864. The minimum absolute atomic E-state index is 0.0626. The summed E-state index contributed by atoms with van der Waals surface area (Å²) in [6.07, 6.45) is -0.325. The number of rotatable bonds is 1. The van der Waals surface area contributed by atoms with Crippen molar-refractivity contribution in [3.63, 3.8) is 0 Å². The van der Waals surface area contributed by atoms with Gasteiger partial charge in [-0.1, -0.05) is 24.3 Å². The molecule has 2 aliphatic heterocycles. The smallest absolute Gasteiger partial charge is 0.230 e. The van der Waals surface area contributed by atoms with Crippen LogP contribution in [0.2, 0.25) is 0 Å². The second-order valence-electron chi connectivity index (χ2n) is 4.94. The minimum atomic E-state index is -0.973. The van der Waals surface area contributed by atoms with Crippen LogP contribution in [0.5, 0.6) is 11.5 Å². The van der Waals surface area contributed by atoms with Gasteiger partial charge in [-0.15, -0.1) is 0 Å². The molecule has 0 unspecified atom stereocenters. The lowest BCUT2D eigenvalue weighted by Crippen LogP contribution is -2.33. The Morgan fingerprint density at radius 3 is 2.15 bits per heavy atom. The monoisotopic (exact) mass is 270 g/mol. The van der Waals surface area contributed by atoms with Crippen molar-refractivity contribution in [1.82, 2.24) is 0 Å². The fourth-order valence-corrected chi connectivity index (χ4v) is 2.80. The van der Waals surface area contributed by atoms with Gasteiger partial charge < -0.3 is 19.3 Å². The first kappa shape index (κ1) is 11.9. The number of para-hydroxylation sites is 2. The molecule has 0 amide bonds. The summed E-state index contributed by atoms with van der Waals surface area (Å²) in [6, 6.07) is 15.3. The third-order valence-electron chi connectivity index (χ3n) is 3.71. The fraction of sp³-hybridized carbons (Fsp3) is 0.250. The van der Waals surface area contributed by atoms with Gasteiger partial charge in [-0.25, -0.2) is 0 Å². The molecule has 2 aliphatic rings. The van der Waals surface area contributed by atoms with E-state index in [2.05, 4.69) is 0 Å². The molecule has 1 spiro atoms. The Morgan fingerprint density at radius 1 is 1.00 bits per heavy atom. The highest BCUT2D eigenvalue weighted by Gasteiger charge is 2.50. The SMILES string of the molecule is OC[C@H]1COC2(O1)c1ccccc1Oc1ccccc12. The van der Waals surface area contributed by atoms with E-state index in [0.29, 0.717) is 6.61 Å². The zero-order valence-electron chi connectivity index (χ0n) is 10.8. The van der Waals surface area contributed by atoms with Crippen molar-refractivity contribution in [3.05, 3.63) is 59.7 Å². The molecule has 0 radical (unpaired) electrons. The van der Waals surface area contributed by atoms with E-state index >= 15 is 0 Å². The molecule has 1 atom stereocenters. The molecule has 20 heavy (non-hydrogen) atoms. The van der Waals surface area contributed by atoms with Crippen LogP contribution < -0.4 is 4.74 Å². The first-order valence-corrected chi connectivity index (χ1v) is 6.63. The summed E-state index contributed by atoms with van der Waals surface area (Å²) < 4.78 is 17.9. The maximum atomic E-state index is 9.34. The van der Waals surface area contributed by atoms with Gasteiger partial charge in [0.1, 0.15) is 17.6 Å². The van der Waals surface area contributed by atoms with E-state index in [1.165, 1.54) is 0 Å². The van der Waals surface area contributed by atoms with Crippen LogP contribution in [0, 0.1) is 0 Å². The molecule has 0 aliphatic carbocycles. The second-order valence-corrected chi connectivity index (χ2v) is 4.94. The standard InChI is InChI=1S/C16H14O4/c17-9-11-10-18-16(20-11)12-5-1-3-7-14(12)19-15-8-4-2-6-13(15)16/h1-8,11,17H,9-10H2/t11-/m0/s1. The molecule has 1 fully saturated rings. The van der Waals surface area contributed by atoms with Crippen molar-refractivity contribution in [2.75, 3.05) is 13.2 Å². The molecule has 2 aromatic rings. The molecule has 0 bridgehead atoms. The van der Waals surface area contributed by atoms with E-state index in [1.807, 2.05) is 48.5 Å². The topological polar surface area (TPSA) is 47.9 Å². The lowest BCUT2D eigenvalue weighted by molar-refractivity contribution is -0.151. The van der Waals surface area contributed by atoms with E-state index in [9.17, 15) is 5.11 Å². The molecule has 1 N–H and O–H groups in total. The summed E-state index contributed by atoms with van der Waals surface area (Å²) in [4.78, 5) is 0. The number of fused-ring (bicyclic) bond motifs is 4. The Labute approximate surface area is 116 Å². The molecule has 4 heteroatoms. The molecule has 2 heterocycles. The third-order valence-corrected chi connectivity index (χ3v) is 3.71. The van der Waals surface area contributed by atoms with E-state index in [-0.39, 0.29) is 12.7 Å². The van der Waals surface area contributed by atoms with Crippen molar-refractivity contribution in [3.8, 4) is 11.5 Å². The van der Waals surface area contributed by atoms with Crippen LogP contribution in [0.3, 0.4) is 0 Å². The summed E-state index contributed by atoms with van der Waals surface area (Å²) in [6.45, 7) is 0.298. The first-order chi connectivity index (χ1) is 9.83. The maximum Gasteiger partial charge on any atom is 0.230 e. The van der Waals surface area contributed by atoms with Crippen molar-refractivity contribution >= 4 is 0 Å². The number of benzene rings is 2. The number of hydrogen-bond donors (Lipinski definition) is 1. The van der Waals surface area contributed by atoms with Gasteiger partial charge in [0.15, 0.2) is 0 Å². The van der Waals surface area contributed by atoms with Crippen LogP contribution >= 0.6 is 0 Å². The van der Waals surface area contributed by atoms with Gasteiger partial charge in [0.2, 0.25) is 5.79 Å². The molecule has 1 saturated heterocycles. The highest BCUT2D eigenvalue weighted by molar-refractivity contribution is 5.54. The number of hydrogen-bond acceptors (Lipinski definition) is 4. The Morgan fingerprint density at radius 2 is 1.60 bits per heavy atom. The van der Waals surface area contributed by atoms with Crippen molar-refractivity contribution < 1.29 is 19.3 Å². The normalized spacial score (nSPS) is 22.1. The summed E-state index contributed by atoms with van der Waals surface area (Å²) >= 11 is 0. The lowest BCUT2D eigenvalue weighted by Gasteiger charge is -2.35. The Balaban J connectivity index is 1.93. The van der Waals surface area contributed by atoms with Gasteiger partial charge in [0, 0.05) is 0 Å². The van der Waals surface area contributed by atoms with Gasteiger partial charge in [0.05, 0.1) is 24.3 Å². The summed E-state index contributed by atoms with van der Waals surface area (Å²) in [5.41, 5.74) is 1.68. The average Bonchev–Trinajstić information content (AvgIpc) is 2.93. The van der Waals surface area contributed by atoms with Gasteiger partial charge in [-0.05, 0) is 24.3 Å². The lowest BCUT2D eigenvalue weighted by atomic mass is 9.93. The highest BCUT2D eigenvalue weighted by atomic mass is 16.8. The molecule has 2 aromatic carbocycles. The average molecular weight is 270 g/mol. The largest absolute Gasteiger partial charge is 0.456 e. The van der Waals surface area contributed by atoms with Crippen LogP contribution in [0.25, 0.3) is 0 Å². The fourth-order valence-electron chi connectivity index (χ4n) is 2.80. The van der Waals surface area contributed by atoms with Crippen LogP contribution in [-0.2, 0) is 15.3 Å². The molecular formula is C16H14O4. The zero-order valence-corrected chi connectivity index (χ0v) is 10.8. The van der Waals surface area contributed by atoms with Gasteiger partial charge >= 0.3 is 0 Å². The number of ether oxygens (including phenoxy) is 3. The zero-order chi connectivity index (χ0) is 13.6. The predicted octanol–water partition coefficient (Wildman–Crippen LogP) is 2.40. The van der Waals surface area contributed by atoms with E-state index in [4.69, 9.17) is 14.2 Å². The molecular weight excluding hydrogens is 256 g/mol. The molecule has 4 nitrogen and oxygen atoms in total. The van der Waals surface area contributed by atoms with E-state index in [0.717, 1.165) is 22.6 Å². The van der Waals surface area contributed by atoms with Crippen LogP contribution in [0.4, 0.5) is 0 Å². The highest BCUT2D eigenvalue weighted by Crippen LogP contribution is 2.51. The minimum Gasteiger partial charge on any atom is -0.456 e. The van der Waals surface area contributed by atoms with E-state index < -0.39 is 5.79 Å². The Kier molecular flexibility index (Phi) is 2.57. The van der Waals surface area contributed by atoms with Crippen LogP contribution in [0.1, 0.15) is 11.1 Å². The number of aliphatic hydroxyl groups is 1. The summed E-state index contributed by atoms with van der Waals surface area (Å²) in [5.74, 6) is 0.480. The number of aliphatic hydroxyl groups excluding tert-OH is 1. The van der Waals surface area contributed by atoms with Crippen molar-refractivity contribution in [1.29, 1.82) is 0 Å². The second kappa shape index (κ2) is 4.31. The molecule has 4 rings (SSSR count). The molecule has 0 saturated carbocycles. The molecule has 0 aromatic heterocycles. The van der Waals surface area contributed by atoms with Crippen LogP contribution in [-0.4, -0.2) is 24.4 Å². The predicted molar refractivity (Wildman–Crippen MR) is 71.6 cm³/mol. The van der Waals surface area contributed by atoms with E-state index in [1.54, 1.807) is 0 Å². The van der Waals surface area contributed by atoms with Crippen molar-refractivity contribution in [2.24, 2.45) is 0 Å². The summed E-state index contributed by atoms with van der Waals surface area (Å²) in [7, 11) is 0. The van der Waals surface area contributed by atoms with Gasteiger partial charge in [0.25, 0.3) is 0 Å². The first-order valence-electron chi connectivity index (χ1n) is 6.63. The van der Waals surface area contributed by atoms with Gasteiger partial charge in [-0.3, -0.25) is 0 Å². The maximum absolute atomic E-state index is 9.34. The van der Waals surface area contributed by atoms with Gasteiger partial charge in [-0.2, -0.15) is 0 Å². The molecule has 102 valence electrons. The summed E-state index contributed by atoms with van der Waals surface area (Å²) in [5, 5.41) is 9.34. The Bertz CT molecular complexity index is 607. The van der Waals surface area contributed by atoms with Crippen molar-refractivity contribution in [2.45, 2.75) is 11.9 Å².